The van der Waals surface area contributed by atoms with E-state index in [2.05, 4.69) is 35.3 Å². The summed E-state index contributed by atoms with van der Waals surface area (Å²) in [6.07, 6.45) is 5.20. The molecule has 1 N–H and O–H groups in total. The second-order valence-electron chi connectivity index (χ2n) is 5.02. The van der Waals surface area contributed by atoms with Crippen LogP contribution in [0.15, 0.2) is 18.2 Å². The van der Waals surface area contributed by atoms with Crippen molar-refractivity contribution in [2.24, 2.45) is 0 Å². The summed E-state index contributed by atoms with van der Waals surface area (Å²) in [5.74, 6) is 0. The molecule has 0 aliphatic carbocycles. The van der Waals surface area contributed by atoms with Gasteiger partial charge in [-0.05, 0) is 50.3 Å². The fraction of sp³-hybridized carbons (Fsp3) is 0.571. The predicted octanol–water partition coefficient (Wildman–Crippen LogP) is 3.03. The van der Waals surface area contributed by atoms with E-state index in [1.54, 1.807) is 5.56 Å². The van der Waals surface area contributed by atoms with Gasteiger partial charge in [0, 0.05) is 30.5 Å². The molecular weight excluding hydrogens is 196 g/mol. The lowest BCUT2D eigenvalue weighted by Crippen LogP contribution is -2.28. The Morgan fingerprint density at radius 3 is 3.06 bits per heavy atom. The average molecular weight is 216 g/mol. The molecule has 0 saturated carbocycles. The molecule has 1 fully saturated rings. The summed E-state index contributed by atoms with van der Waals surface area (Å²) in [6, 6.07) is 7.43. The fourth-order valence-electron chi connectivity index (χ4n) is 3.05. The van der Waals surface area contributed by atoms with Crippen LogP contribution in [0.5, 0.6) is 0 Å². The number of hydrogen-bond acceptors (Lipinski definition) is 2. The lowest BCUT2D eigenvalue weighted by Gasteiger charge is -2.29. The third kappa shape index (κ3) is 1.57. The van der Waals surface area contributed by atoms with E-state index < -0.39 is 0 Å². The van der Waals surface area contributed by atoms with Gasteiger partial charge in [-0.2, -0.15) is 0 Å². The zero-order chi connectivity index (χ0) is 11.0. The molecule has 2 nitrogen and oxygen atoms in total. The van der Waals surface area contributed by atoms with E-state index in [4.69, 9.17) is 0 Å². The molecule has 86 valence electrons. The third-order valence-corrected chi connectivity index (χ3v) is 3.93. The summed E-state index contributed by atoms with van der Waals surface area (Å²) in [4.78, 5) is 2.59. The Bertz CT molecular complexity index is 386. The monoisotopic (exact) mass is 216 g/mol. The number of anilines is 2. The molecule has 2 aliphatic rings. The first-order chi connectivity index (χ1) is 7.86. The Labute approximate surface area is 97.6 Å². The van der Waals surface area contributed by atoms with E-state index in [9.17, 15) is 0 Å². The molecule has 2 heterocycles. The van der Waals surface area contributed by atoms with Crippen LogP contribution >= 0.6 is 0 Å². The molecular formula is C14H20N2. The van der Waals surface area contributed by atoms with E-state index >= 15 is 0 Å². The first kappa shape index (κ1) is 10.0. The van der Waals surface area contributed by atoms with E-state index in [0.717, 1.165) is 6.54 Å². The normalized spacial score (nSPS) is 24.1. The van der Waals surface area contributed by atoms with Crippen molar-refractivity contribution in [2.45, 2.75) is 38.6 Å². The Morgan fingerprint density at radius 1 is 1.31 bits per heavy atom. The maximum Gasteiger partial charge on any atom is 0.0421 e. The highest BCUT2D eigenvalue weighted by atomic mass is 15.2. The second kappa shape index (κ2) is 4.00. The smallest absolute Gasteiger partial charge is 0.0421 e. The summed E-state index contributed by atoms with van der Waals surface area (Å²) in [5.41, 5.74) is 4.39. The Kier molecular flexibility index (Phi) is 2.50. The minimum Gasteiger partial charge on any atom is -0.385 e. The average Bonchev–Trinajstić information content (AvgIpc) is 2.75. The maximum absolute atomic E-state index is 3.51. The van der Waals surface area contributed by atoms with E-state index in [1.165, 1.54) is 43.6 Å². The van der Waals surface area contributed by atoms with Crippen LogP contribution in [0, 0.1) is 0 Å². The molecule has 0 spiro atoms. The molecule has 0 radical (unpaired) electrons. The third-order valence-electron chi connectivity index (χ3n) is 3.93. The zero-order valence-corrected chi connectivity index (χ0v) is 10.00. The first-order valence-electron chi connectivity index (χ1n) is 6.48. The van der Waals surface area contributed by atoms with Gasteiger partial charge in [0.05, 0.1) is 0 Å². The summed E-state index contributed by atoms with van der Waals surface area (Å²) in [5, 5.41) is 3.51. The van der Waals surface area contributed by atoms with Crippen LogP contribution in [0.3, 0.4) is 0 Å². The van der Waals surface area contributed by atoms with Gasteiger partial charge in [0.25, 0.3) is 0 Å². The van der Waals surface area contributed by atoms with Crippen molar-refractivity contribution in [3.8, 4) is 0 Å². The van der Waals surface area contributed by atoms with Crippen LogP contribution in [-0.4, -0.2) is 19.1 Å². The molecule has 2 aliphatic heterocycles. The molecule has 16 heavy (non-hydrogen) atoms. The van der Waals surface area contributed by atoms with Crippen LogP contribution in [0.4, 0.5) is 11.4 Å². The van der Waals surface area contributed by atoms with Gasteiger partial charge in [0.2, 0.25) is 0 Å². The molecule has 0 bridgehead atoms. The van der Waals surface area contributed by atoms with Crippen molar-refractivity contribution in [3.05, 3.63) is 23.8 Å². The minimum absolute atomic E-state index is 0.716. The van der Waals surface area contributed by atoms with Crippen molar-refractivity contribution in [3.63, 3.8) is 0 Å². The number of nitrogens with zero attached hydrogens (tertiary/aromatic N) is 1. The number of rotatable bonds is 1. The summed E-state index contributed by atoms with van der Waals surface area (Å²) < 4.78 is 0. The van der Waals surface area contributed by atoms with Gasteiger partial charge in [0.15, 0.2) is 0 Å². The van der Waals surface area contributed by atoms with Gasteiger partial charge < -0.3 is 10.2 Å². The van der Waals surface area contributed by atoms with E-state index in [1.807, 2.05) is 0 Å². The number of hydrogen-bond donors (Lipinski definition) is 1. The SMILES string of the molecule is CC1CCCN1c1cccc2c1CCCN2. The molecule has 1 aromatic rings. The quantitative estimate of drug-likeness (QED) is 0.776. The van der Waals surface area contributed by atoms with Crippen LogP contribution in [0.1, 0.15) is 31.7 Å². The van der Waals surface area contributed by atoms with Crippen molar-refractivity contribution in [1.29, 1.82) is 0 Å². The highest BCUT2D eigenvalue weighted by Crippen LogP contribution is 2.35. The second-order valence-corrected chi connectivity index (χ2v) is 5.02. The van der Waals surface area contributed by atoms with Gasteiger partial charge in [-0.25, -0.2) is 0 Å². The molecule has 1 atom stereocenters. The van der Waals surface area contributed by atoms with Gasteiger partial charge >= 0.3 is 0 Å². The predicted molar refractivity (Wildman–Crippen MR) is 69.3 cm³/mol. The first-order valence-corrected chi connectivity index (χ1v) is 6.48. The number of nitrogens with one attached hydrogen (secondary N) is 1. The molecule has 3 rings (SSSR count). The highest BCUT2D eigenvalue weighted by Gasteiger charge is 2.24. The zero-order valence-electron chi connectivity index (χ0n) is 10.00. The van der Waals surface area contributed by atoms with Crippen LogP contribution in [-0.2, 0) is 6.42 Å². The highest BCUT2D eigenvalue weighted by molar-refractivity contribution is 5.68. The van der Waals surface area contributed by atoms with Crippen molar-refractivity contribution >= 4 is 11.4 Å². The molecule has 0 aromatic heterocycles. The van der Waals surface area contributed by atoms with Crippen LogP contribution in [0.25, 0.3) is 0 Å². The molecule has 2 heteroatoms. The van der Waals surface area contributed by atoms with Gasteiger partial charge in [-0.15, -0.1) is 0 Å². The number of fused-ring (bicyclic) bond motifs is 1. The lowest BCUT2D eigenvalue weighted by molar-refractivity contribution is 0.726. The van der Waals surface area contributed by atoms with Gasteiger partial charge in [-0.3, -0.25) is 0 Å². The maximum atomic E-state index is 3.51. The van der Waals surface area contributed by atoms with E-state index in [-0.39, 0.29) is 0 Å². The molecule has 1 unspecified atom stereocenters. The topological polar surface area (TPSA) is 15.3 Å². The summed E-state index contributed by atoms with van der Waals surface area (Å²) in [6.45, 7) is 4.71. The molecule has 1 aromatic carbocycles. The summed E-state index contributed by atoms with van der Waals surface area (Å²) >= 11 is 0. The number of benzene rings is 1. The van der Waals surface area contributed by atoms with Gasteiger partial charge in [-0.1, -0.05) is 6.07 Å². The van der Waals surface area contributed by atoms with Crippen molar-refractivity contribution in [1.82, 2.24) is 0 Å². The van der Waals surface area contributed by atoms with Crippen molar-refractivity contribution in [2.75, 3.05) is 23.3 Å². The summed E-state index contributed by atoms with van der Waals surface area (Å²) in [7, 11) is 0. The Morgan fingerprint density at radius 2 is 2.25 bits per heavy atom. The standard InChI is InChI=1S/C14H20N2/c1-11-5-4-10-16(11)14-8-2-7-13-12(14)6-3-9-15-13/h2,7-8,11,15H,3-6,9-10H2,1H3. The lowest BCUT2D eigenvalue weighted by atomic mass is 10.0. The van der Waals surface area contributed by atoms with Crippen LogP contribution < -0.4 is 10.2 Å². The van der Waals surface area contributed by atoms with Crippen LogP contribution in [0.2, 0.25) is 0 Å². The molecule has 1 saturated heterocycles. The Hall–Kier alpha value is -1.18. The minimum atomic E-state index is 0.716. The largest absolute Gasteiger partial charge is 0.385 e. The van der Waals surface area contributed by atoms with E-state index in [0.29, 0.717) is 6.04 Å². The Balaban J connectivity index is 2.00. The van der Waals surface area contributed by atoms with Crippen molar-refractivity contribution < 1.29 is 0 Å². The molecule has 0 amide bonds. The fourth-order valence-corrected chi connectivity index (χ4v) is 3.05. The van der Waals surface area contributed by atoms with Gasteiger partial charge in [0.1, 0.15) is 0 Å².